The van der Waals surface area contributed by atoms with Crippen LogP contribution in [0.1, 0.15) is 23.3 Å². The average Bonchev–Trinajstić information content (AvgIpc) is 2.57. The fourth-order valence-electron chi connectivity index (χ4n) is 2.83. The number of pyridine rings is 1. The number of carboxylic acid groups (broad SMARTS) is 1. The van der Waals surface area contributed by atoms with Gasteiger partial charge in [0.2, 0.25) is 0 Å². The molecular formula is C17H17BrN2O3. The molecule has 3 rings (SSSR count). The number of morpholine rings is 1. The van der Waals surface area contributed by atoms with Crippen molar-refractivity contribution in [3.05, 3.63) is 64.4 Å². The van der Waals surface area contributed by atoms with Crippen LogP contribution < -0.4 is 0 Å². The molecule has 0 bridgehead atoms. The average molecular weight is 377 g/mol. The largest absolute Gasteiger partial charge is 0.480 e. The SMILES string of the molecule is O=C(O)C(c1cccnc1)N1CCOC(c2ccc(Br)cc2)C1. The first-order valence-electron chi connectivity index (χ1n) is 7.39. The quantitative estimate of drug-likeness (QED) is 0.888. The number of hydrogen-bond donors (Lipinski definition) is 1. The monoisotopic (exact) mass is 376 g/mol. The Morgan fingerprint density at radius 3 is 2.78 bits per heavy atom. The Bertz CT molecular complexity index is 663. The Morgan fingerprint density at radius 2 is 2.13 bits per heavy atom. The molecule has 0 spiro atoms. The Labute approximate surface area is 143 Å². The lowest BCUT2D eigenvalue weighted by atomic mass is 10.0. The zero-order chi connectivity index (χ0) is 16.2. The van der Waals surface area contributed by atoms with Gasteiger partial charge >= 0.3 is 5.97 Å². The van der Waals surface area contributed by atoms with Crippen LogP contribution in [0.25, 0.3) is 0 Å². The number of carbonyl (C=O) groups is 1. The molecule has 0 radical (unpaired) electrons. The molecular weight excluding hydrogens is 360 g/mol. The highest BCUT2D eigenvalue weighted by molar-refractivity contribution is 9.10. The summed E-state index contributed by atoms with van der Waals surface area (Å²) in [5.41, 5.74) is 1.74. The number of hydrogen-bond acceptors (Lipinski definition) is 4. The number of halogens is 1. The van der Waals surface area contributed by atoms with E-state index in [-0.39, 0.29) is 6.10 Å². The molecule has 5 nitrogen and oxygen atoms in total. The molecule has 2 unspecified atom stereocenters. The van der Waals surface area contributed by atoms with E-state index in [0.717, 1.165) is 10.0 Å². The van der Waals surface area contributed by atoms with Gasteiger partial charge in [-0.2, -0.15) is 0 Å². The summed E-state index contributed by atoms with van der Waals surface area (Å²) in [6.45, 7) is 1.62. The smallest absolute Gasteiger partial charge is 0.325 e. The summed E-state index contributed by atoms with van der Waals surface area (Å²) in [7, 11) is 0. The lowest BCUT2D eigenvalue weighted by molar-refractivity contribution is -0.147. The summed E-state index contributed by atoms with van der Waals surface area (Å²) in [6.07, 6.45) is 3.13. The van der Waals surface area contributed by atoms with Crippen molar-refractivity contribution >= 4 is 21.9 Å². The first kappa shape index (κ1) is 16.1. The molecule has 2 aromatic rings. The molecule has 0 saturated carbocycles. The van der Waals surface area contributed by atoms with Crippen molar-refractivity contribution in [2.24, 2.45) is 0 Å². The number of aliphatic carboxylic acids is 1. The lowest BCUT2D eigenvalue weighted by Crippen LogP contribution is -2.43. The van der Waals surface area contributed by atoms with Crippen LogP contribution >= 0.6 is 15.9 Å². The van der Waals surface area contributed by atoms with Gasteiger partial charge in [0.1, 0.15) is 6.04 Å². The van der Waals surface area contributed by atoms with Crippen molar-refractivity contribution in [3.8, 4) is 0 Å². The predicted molar refractivity (Wildman–Crippen MR) is 89.0 cm³/mol. The van der Waals surface area contributed by atoms with Crippen molar-refractivity contribution in [3.63, 3.8) is 0 Å². The summed E-state index contributed by atoms with van der Waals surface area (Å²) in [5, 5.41) is 9.66. The molecule has 1 saturated heterocycles. The van der Waals surface area contributed by atoms with E-state index in [1.165, 1.54) is 0 Å². The third-order valence-corrected chi connectivity index (χ3v) is 4.47. The molecule has 0 amide bonds. The van der Waals surface area contributed by atoms with Crippen LogP contribution in [0.5, 0.6) is 0 Å². The third-order valence-electron chi connectivity index (χ3n) is 3.94. The zero-order valence-corrected chi connectivity index (χ0v) is 14.0. The van der Waals surface area contributed by atoms with Gasteiger partial charge in [-0.3, -0.25) is 14.7 Å². The van der Waals surface area contributed by atoms with Gasteiger partial charge < -0.3 is 9.84 Å². The summed E-state index contributed by atoms with van der Waals surface area (Å²) in [5.74, 6) is -0.866. The van der Waals surface area contributed by atoms with E-state index >= 15 is 0 Å². The summed E-state index contributed by atoms with van der Waals surface area (Å²) in [6, 6.07) is 10.8. The molecule has 120 valence electrons. The minimum absolute atomic E-state index is 0.129. The van der Waals surface area contributed by atoms with Crippen molar-refractivity contribution < 1.29 is 14.6 Å². The van der Waals surface area contributed by atoms with Crippen LogP contribution in [-0.2, 0) is 9.53 Å². The molecule has 1 N–H and O–H groups in total. The molecule has 1 fully saturated rings. The van der Waals surface area contributed by atoms with Gasteiger partial charge in [0, 0.05) is 30.0 Å². The topological polar surface area (TPSA) is 62.7 Å². The van der Waals surface area contributed by atoms with Crippen molar-refractivity contribution in [2.45, 2.75) is 12.1 Å². The number of rotatable bonds is 4. The Kier molecular flexibility index (Phi) is 5.05. The molecule has 6 heteroatoms. The minimum Gasteiger partial charge on any atom is -0.480 e. The molecule has 1 aliphatic rings. The van der Waals surface area contributed by atoms with Crippen LogP contribution in [0, 0.1) is 0 Å². The fraction of sp³-hybridized carbons (Fsp3) is 0.294. The van der Waals surface area contributed by atoms with E-state index in [1.807, 2.05) is 29.2 Å². The molecule has 2 heterocycles. The highest BCUT2D eigenvalue weighted by Crippen LogP contribution is 2.29. The second-order valence-electron chi connectivity index (χ2n) is 5.43. The number of ether oxygens (including phenoxy) is 1. The molecule has 0 aliphatic carbocycles. The number of benzene rings is 1. The van der Waals surface area contributed by atoms with E-state index in [1.54, 1.807) is 24.5 Å². The number of aromatic nitrogens is 1. The highest BCUT2D eigenvalue weighted by Gasteiger charge is 2.32. The van der Waals surface area contributed by atoms with E-state index in [4.69, 9.17) is 4.74 Å². The van der Waals surface area contributed by atoms with E-state index in [0.29, 0.717) is 25.3 Å². The van der Waals surface area contributed by atoms with Crippen molar-refractivity contribution in [1.82, 2.24) is 9.88 Å². The van der Waals surface area contributed by atoms with E-state index in [2.05, 4.69) is 20.9 Å². The van der Waals surface area contributed by atoms with Crippen molar-refractivity contribution in [1.29, 1.82) is 0 Å². The summed E-state index contributed by atoms with van der Waals surface area (Å²) >= 11 is 3.42. The molecule has 1 aliphatic heterocycles. The summed E-state index contributed by atoms with van der Waals surface area (Å²) in [4.78, 5) is 17.8. The van der Waals surface area contributed by atoms with Gasteiger partial charge in [-0.05, 0) is 29.3 Å². The maximum absolute atomic E-state index is 11.8. The Hall–Kier alpha value is -1.76. The molecule has 1 aromatic carbocycles. The first-order chi connectivity index (χ1) is 11.1. The first-order valence-corrected chi connectivity index (χ1v) is 8.18. The van der Waals surface area contributed by atoms with E-state index < -0.39 is 12.0 Å². The Balaban J connectivity index is 1.81. The van der Waals surface area contributed by atoms with Crippen LogP contribution in [0.2, 0.25) is 0 Å². The van der Waals surface area contributed by atoms with Crippen molar-refractivity contribution in [2.75, 3.05) is 19.7 Å². The summed E-state index contributed by atoms with van der Waals surface area (Å²) < 4.78 is 6.84. The number of nitrogens with zero attached hydrogens (tertiary/aromatic N) is 2. The van der Waals surface area contributed by atoms with Gasteiger partial charge in [0.05, 0.1) is 12.7 Å². The maximum atomic E-state index is 11.8. The van der Waals surface area contributed by atoms with Gasteiger partial charge in [0.15, 0.2) is 0 Å². The predicted octanol–water partition coefficient (Wildman–Crippen LogP) is 3.04. The number of carboxylic acids is 1. The van der Waals surface area contributed by atoms with Crippen LogP contribution in [0.15, 0.2) is 53.3 Å². The van der Waals surface area contributed by atoms with Crippen LogP contribution in [-0.4, -0.2) is 40.7 Å². The highest BCUT2D eigenvalue weighted by atomic mass is 79.9. The fourth-order valence-corrected chi connectivity index (χ4v) is 3.09. The van der Waals surface area contributed by atoms with Gasteiger partial charge in [0.25, 0.3) is 0 Å². The minimum atomic E-state index is -0.866. The lowest BCUT2D eigenvalue weighted by Gasteiger charge is -2.36. The molecule has 23 heavy (non-hydrogen) atoms. The zero-order valence-electron chi connectivity index (χ0n) is 12.4. The Morgan fingerprint density at radius 1 is 1.35 bits per heavy atom. The van der Waals surface area contributed by atoms with Gasteiger partial charge in [-0.15, -0.1) is 0 Å². The second kappa shape index (κ2) is 7.21. The second-order valence-corrected chi connectivity index (χ2v) is 6.35. The van der Waals surface area contributed by atoms with Gasteiger partial charge in [-0.25, -0.2) is 0 Å². The molecule has 1 aromatic heterocycles. The third kappa shape index (κ3) is 3.77. The standard InChI is InChI=1S/C17H17BrN2O3/c18-14-5-3-12(4-6-14)15-11-20(8-9-23-15)16(17(21)22)13-2-1-7-19-10-13/h1-7,10,15-16H,8-9,11H2,(H,21,22). The van der Waals surface area contributed by atoms with E-state index in [9.17, 15) is 9.90 Å². The molecule has 2 atom stereocenters. The van der Waals surface area contributed by atoms with Crippen LogP contribution in [0.4, 0.5) is 0 Å². The van der Waals surface area contributed by atoms with Gasteiger partial charge in [-0.1, -0.05) is 34.1 Å². The normalized spacial score (nSPS) is 20.1. The maximum Gasteiger partial charge on any atom is 0.325 e. The van der Waals surface area contributed by atoms with Crippen LogP contribution in [0.3, 0.4) is 0 Å².